The van der Waals surface area contributed by atoms with Crippen molar-refractivity contribution in [2.24, 2.45) is 5.41 Å². The topological polar surface area (TPSA) is 65.9 Å². The first-order valence-electron chi connectivity index (χ1n) is 17.7. The number of alkyl halides is 1. The van der Waals surface area contributed by atoms with Gasteiger partial charge in [0.15, 0.2) is 0 Å². The number of piperidine rings is 1. The van der Waals surface area contributed by atoms with Crippen molar-refractivity contribution in [1.29, 1.82) is 0 Å². The van der Waals surface area contributed by atoms with Crippen LogP contribution in [0.2, 0.25) is 0 Å². The number of fused-ring (bicyclic) bond motifs is 1. The van der Waals surface area contributed by atoms with Gasteiger partial charge in [0.2, 0.25) is 0 Å². The molecule has 1 aromatic heterocycles. The molecule has 1 N–H and O–H groups in total. The largest absolute Gasteiger partial charge is 0.463 e. The lowest BCUT2D eigenvalue weighted by Crippen LogP contribution is -2.38. The smallest absolute Gasteiger partial charge is 0.310 e. The van der Waals surface area contributed by atoms with E-state index in [1.165, 1.54) is 16.7 Å². The van der Waals surface area contributed by atoms with Crippen molar-refractivity contribution >= 4 is 27.6 Å². The minimum atomic E-state index is -0.500. The Hall–Kier alpha value is -2.81. The van der Waals surface area contributed by atoms with Crippen LogP contribution in [0.3, 0.4) is 0 Å². The molecule has 3 heterocycles. The minimum Gasteiger partial charge on any atom is -0.463 e. The number of carbonyl (C=O) groups is 1. The molecule has 1 unspecified atom stereocenters. The first-order chi connectivity index (χ1) is 22.8. The zero-order valence-corrected chi connectivity index (χ0v) is 32.9. The number of carbonyl (C=O) groups excluding carboxylic acids is 1. The molecule has 2 aliphatic rings. The molecule has 1 fully saturated rings. The van der Waals surface area contributed by atoms with Gasteiger partial charge in [-0.2, -0.15) is 0 Å². The SMILES string of the molecule is CC(C)(C)O.Cc1cc(F)ccc1CN1CCc2cc(-c3c(C(C)Br)nc(C)c(CC(=O)OC(C)C)c3N3CCC(C)(C)CC3)ccc2C1. The van der Waals surface area contributed by atoms with Crippen LogP contribution in [0.25, 0.3) is 11.1 Å². The Balaban J connectivity index is 0.00000101. The average molecular weight is 739 g/mol. The molecule has 268 valence electrons. The molecule has 1 saturated heterocycles. The normalized spacial score (nSPS) is 16.9. The van der Waals surface area contributed by atoms with E-state index in [1.807, 2.05) is 33.8 Å². The molecule has 0 saturated carbocycles. The number of hydrogen-bond acceptors (Lipinski definition) is 6. The maximum atomic E-state index is 13.7. The Bertz CT molecular complexity index is 1610. The van der Waals surface area contributed by atoms with E-state index in [0.29, 0.717) is 5.41 Å². The molecule has 2 aromatic carbocycles. The van der Waals surface area contributed by atoms with Crippen LogP contribution < -0.4 is 4.90 Å². The summed E-state index contributed by atoms with van der Waals surface area (Å²) in [5.41, 5.74) is 10.9. The first kappa shape index (κ1) is 39.0. The van der Waals surface area contributed by atoms with Gasteiger partial charge < -0.3 is 14.7 Å². The van der Waals surface area contributed by atoms with Gasteiger partial charge in [0.25, 0.3) is 0 Å². The van der Waals surface area contributed by atoms with Crippen LogP contribution in [0.15, 0.2) is 36.4 Å². The average Bonchev–Trinajstić information content (AvgIpc) is 2.98. The molecule has 1 atom stereocenters. The van der Waals surface area contributed by atoms with Crippen LogP contribution in [0, 0.1) is 25.1 Å². The van der Waals surface area contributed by atoms with Crippen LogP contribution in [0.4, 0.5) is 10.1 Å². The van der Waals surface area contributed by atoms with Crippen LogP contribution >= 0.6 is 15.9 Å². The highest BCUT2D eigenvalue weighted by Crippen LogP contribution is 2.45. The van der Waals surface area contributed by atoms with Gasteiger partial charge in [-0.05, 0) is 120 Å². The van der Waals surface area contributed by atoms with Gasteiger partial charge in [-0.1, -0.05) is 54.0 Å². The number of aliphatic hydroxyl groups is 1. The highest BCUT2D eigenvalue weighted by atomic mass is 79.9. The number of rotatable bonds is 8. The molecular formula is C41H57BrFN3O3. The second kappa shape index (κ2) is 16.0. The van der Waals surface area contributed by atoms with Crippen molar-refractivity contribution in [3.05, 3.63) is 81.4 Å². The molecule has 0 amide bonds. The Kier molecular flexibility index (Phi) is 12.8. The highest BCUT2D eigenvalue weighted by Gasteiger charge is 2.32. The lowest BCUT2D eigenvalue weighted by molar-refractivity contribution is -0.146. The fraction of sp³-hybridized carbons (Fsp3) is 0.561. The first-order valence-corrected chi connectivity index (χ1v) is 18.7. The standard InChI is InChI=1S/C37H47BrFN3O2.C4H10O/c1-23(2)44-33(43)20-32-26(5)40-35(25(4)38)34(36(32)42-16-13-37(6,7)14-17-42)28-8-9-30-22-41(15-12-27(30)19-28)21-29-10-11-31(39)18-24(29)3;1-4(2,3)5/h8-11,18-19,23,25H,12-17,20-22H2,1-7H3;5H,1-3H3. The highest BCUT2D eigenvalue weighted by molar-refractivity contribution is 9.09. The van der Waals surface area contributed by atoms with Crippen molar-refractivity contribution in [2.75, 3.05) is 24.5 Å². The number of aryl methyl sites for hydroxylation is 2. The van der Waals surface area contributed by atoms with Gasteiger partial charge in [-0.15, -0.1) is 0 Å². The molecule has 0 spiro atoms. The van der Waals surface area contributed by atoms with Gasteiger partial charge in [-0.25, -0.2) is 4.39 Å². The van der Waals surface area contributed by atoms with Crippen LogP contribution in [-0.2, 0) is 35.5 Å². The van der Waals surface area contributed by atoms with Crippen molar-refractivity contribution in [3.63, 3.8) is 0 Å². The maximum absolute atomic E-state index is 13.7. The number of esters is 1. The second-order valence-corrected chi connectivity index (χ2v) is 17.3. The van der Waals surface area contributed by atoms with E-state index in [0.717, 1.165) is 91.3 Å². The Morgan fingerprint density at radius 2 is 1.69 bits per heavy atom. The van der Waals surface area contributed by atoms with Crippen molar-refractivity contribution in [1.82, 2.24) is 9.88 Å². The molecule has 49 heavy (non-hydrogen) atoms. The third-order valence-corrected chi connectivity index (χ3v) is 9.72. The fourth-order valence-electron chi connectivity index (χ4n) is 6.64. The summed E-state index contributed by atoms with van der Waals surface area (Å²) < 4.78 is 19.3. The lowest BCUT2D eigenvalue weighted by Gasteiger charge is -2.40. The van der Waals surface area contributed by atoms with Gasteiger partial charge in [-0.3, -0.25) is 14.7 Å². The number of anilines is 1. The predicted octanol–water partition coefficient (Wildman–Crippen LogP) is 9.42. The van der Waals surface area contributed by atoms with E-state index in [2.05, 4.69) is 64.7 Å². The zero-order chi connectivity index (χ0) is 36.3. The van der Waals surface area contributed by atoms with Crippen molar-refractivity contribution in [3.8, 4) is 11.1 Å². The molecule has 2 aliphatic heterocycles. The molecule has 0 radical (unpaired) electrons. The molecule has 3 aromatic rings. The lowest BCUT2D eigenvalue weighted by atomic mass is 9.81. The number of benzene rings is 2. The summed E-state index contributed by atoms with van der Waals surface area (Å²) in [4.78, 5) is 23.2. The van der Waals surface area contributed by atoms with E-state index < -0.39 is 5.60 Å². The monoisotopic (exact) mass is 737 g/mol. The fourth-order valence-corrected chi connectivity index (χ4v) is 6.98. The Morgan fingerprint density at radius 1 is 1.04 bits per heavy atom. The third kappa shape index (κ3) is 10.8. The van der Waals surface area contributed by atoms with Crippen LogP contribution in [0.5, 0.6) is 0 Å². The van der Waals surface area contributed by atoms with E-state index in [1.54, 1.807) is 32.9 Å². The molecular weight excluding hydrogens is 681 g/mol. The zero-order valence-electron chi connectivity index (χ0n) is 31.3. The summed E-state index contributed by atoms with van der Waals surface area (Å²) in [6.45, 7) is 24.4. The van der Waals surface area contributed by atoms with E-state index in [9.17, 15) is 9.18 Å². The summed E-state index contributed by atoms with van der Waals surface area (Å²) >= 11 is 3.87. The summed E-state index contributed by atoms with van der Waals surface area (Å²) in [5.74, 6) is -0.394. The number of pyridine rings is 1. The van der Waals surface area contributed by atoms with Gasteiger partial charge >= 0.3 is 5.97 Å². The summed E-state index contributed by atoms with van der Waals surface area (Å²) in [6.07, 6.45) is 3.18. The molecule has 8 heteroatoms. The number of halogens is 2. The number of ether oxygens (including phenoxy) is 1. The van der Waals surface area contributed by atoms with Crippen molar-refractivity contribution < 1.29 is 19.0 Å². The quantitative estimate of drug-likeness (QED) is 0.184. The third-order valence-electron chi connectivity index (χ3n) is 9.29. The minimum absolute atomic E-state index is 0.0401. The number of aromatic nitrogens is 1. The second-order valence-electron chi connectivity index (χ2n) is 16.0. The molecule has 5 rings (SSSR count). The number of nitrogens with zero attached hydrogens (tertiary/aromatic N) is 3. The van der Waals surface area contributed by atoms with E-state index >= 15 is 0 Å². The van der Waals surface area contributed by atoms with Crippen LogP contribution in [-0.4, -0.2) is 52.3 Å². The molecule has 0 bridgehead atoms. The van der Waals surface area contributed by atoms with E-state index in [-0.39, 0.29) is 29.1 Å². The van der Waals surface area contributed by atoms with Gasteiger partial charge in [0, 0.05) is 49.5 Å². The van der Waals surface area contributed by atoms with Crippen LogP contribution in [0.1, 0.15) is 112 Å². The molecule has 0 aliphatic carbocycles. The summed E-state index contributed by atoms with van der Waals surface area (Å²) in [5, 5.41) is 8.52. The summed E-state index contributed by atoms with van der Waals surface area (Å²) in [7, 11) is 0. The Morgan fingerprint density at radius 3 is 2.29 bits per heavy atom. The van der Waals surface area contributed by atoms with Gasteiger partial charge in [0.05, 0.1) is 34.3 Å². The number of hydrogen-bond donors (Lipinski definition) is 1. The van der Waals surface area contributed by atoms with Gasteiger partial charge in [0.1, 0.15) is 5.82 Å². The van der Waals surface area contributed by atoms with E-state index in [4.69, 9.17) is 14.8 Å². The molecule has 6 nitrogen and oxygen atoms in total. The predicted molar refractivity (Wildman–Crippen MR) is 203 cm³/mol. The maximum Gasteiger partial charge on any atom is 0.310 e. The summed E-state index contributed by atoms with van der Waals surface area (Å²) in [6, 6.07) is 12.0. The van der Waals surface area contributed by atoms with Crippen molar-refractivity contribution in [2.45, 2.75) is 125 Å². The Labute approximate surface area is 302 Å².